The van der Waals surface area contributed by atoms with Gasteiger partial charge in [-0.2, -0.15) is 0 Å². The van der Waals surface area contributed by atoms with Crippen LogP contribution in [0.4, 0.5) is 15.8 Å². The van der Waals surface area contributed by atoms with Gasteiger partial charge in [0.25, 0.3) is 0 Å². The summed E-state index contributed by atoms with van der Waals surface area (Å²) in [5.74, 6) is -0.246. The van der Waals surface area contributed by atoms with Gasteiger partial charge in [-0.3, -0.25) is 0 Å². The lowest BCUT2D eigenvalue weighted by molar-refractivity contribution is 0.301. The molecule has 4 heteroatoms. The van der Waals surface area contributed by atoms with Gasteiger partial charge in [0.1, 0.15) is 5.82 Å². The van der Waals surface area contributed by atoms with E-state index in [4.69, 9.17) is 5.73 Å². The molecule has 1 saturated heterocycles. The van der Waals surface area contributed by atoms with Crippen molar-refractivity contribution in [2.24, 2.45) is 5.41 Å². The first kappa shape index (κ1) is 13.7. The lowest BCUT2D eigenvalue weighted by Crippen LogP contribution is -2.26. The number of halogens is 2. The molecule has 0 amide bonds. The van der Waals surface area contributed by atoms with Crippen LogP contribution in [0.25, 0.3) is 0 Å². The van der Waals surface area contributed by atoms with Crippen LogP contribution in [-0.2, 0) is 0 Å². The number of benzene rings is 1. The van der Waals surface area contributed by atoms with Gasteiger partial charge in [-0.25, -0.2) is 4.39 Å². The summed E-state index contributed by atoms with van der Waals surface area (Å²) in [6.07, 6.45) is 3.49. The van der Waals surface area contributed by atoms with Gasteiger partial charge in [-0.15, -0.1) is 0 Å². The Morgan fingerprint density at radius 1 is 1.39 bits per heavy atom. The molecular formula is C14H20BrFN2. The van der Waals surface area contributed by atoms with Crippen molar-refractivity contribution in [1.82, 2.24) is 0 Å². The van der Waals surface area contributed by atoms with E-state index in [-0.39, 0.29) is 5.82 Å². The van der Waals surface area contributed by atoms with Crippen LogP contribution < -0.4 is 10.6 Å². The maximum absolute atomic E-state index is 13.6. The van der Waals surface area contributed by atoms with Gasteiger partial charge in [0.15, 0.2) is 0 Å². The second kappa shape index (κ2) is 5.08. The average molecular weight is 315 g/mol. The van der Waals surface area contributed by atoms with Crippen LogP contribution in [0.3, 0.4) is 0 Å². The first-order chi connectivity index (χ1) is 8.51. The van der Waals surface area contributed by atoms with E-state index in [2.05, 4.69) is 34.7 Å². The number of nitrogens with two attached hydrogens (primary N) is 1. The quantitative estimate of drug-likeness (QED) is 0.848. The number of nitrogen functional groups attached to an aromatic ring is 1. The Morgan fingerprint density at radius 3 is 2.61 bits per heavy atom. The molecule has 18 heavy (non-hydrogen) atoms. The van der Waals surface area contributed by atoms with Crippen LogP contribution in [0, 0.1) is 11.2 Å². The topological polar surface area (TPSA) is 29.3 Å². The molecule has 0 bridgehead atoms. The fourth-order valence-corrected chi connectivity index (χ4v) is 3.15. The number of anilines is 2. The van der Waals surface area contributed by atoms with Crippen molar-refractivity contribution in [3.05, 3.63) is 22.4 Å². The van der Waals surface area contributed by atoms with Crippen molar-refractivity contribution in [2.75, 3.05) is 23.7 Å². The maximum Gasteiger partial charge on any atom is 0.139 e. The molecule has 1 aromatic rings. The predicted molar refractivity (Wildman–Crippen MR) is 78.4 cm³/mol. The Labute approximate surface area is 116 Å². The van der Waals surface area contributed by atoms with Crippen molar-refractivity contribution in [3.8, 4) is 0 Å². The monoisotopic (exact) mass is 314 g/mol. The molecule has 0 aliphatic carbocycles. The Balaban J connectivity index is 2.27. The van der Waals surface area contributed by atoms with E-state index in [9.17, 15) is 4.39 Å². The zero-order chi connectivity index (χ0) is 13.3. The Hall–Kier alpha value is -0.770. The van der Waals surface area contributed by atoms with E-state index in [1.54, 1.807) is 12.1 Å². The van der Waals surface area contributed by atoms with Gasteiger partial charge in [-0.05, 0) is 46.7 Å². The minimum absolute atomic E-state index is 0.246. The van der Waals surface area contributed by atoms with E-state index >= 15 is 0 Å². The molecule has 0 saturated carbocycles. The Morgan fingerprint density at radius 2 is 2.06 bits per heavy atom. The summed E-state index contributed by atoms with van der Waals surface area (Å²) in [5, 5.41) is 0. The smallest absolute Gasteiger partial charge is 0.139 e. The third kappa shape index (κ3) is 2.35. The third-order valence-corrected chi connectivity index (χ3v) is 4.96. The lowest BCUT2D eigenvalue weighted by atomic mass is 9.82. The number of hydrogen-bond acceptors (Lipinski definition) is 2. The van der Waals surface area contributed by atoms with Crippen LogP contribution in [0.1, 0.15) is 33.1 Å². The normalized spacial score (nSPS) is 18.3. The van der Waals surface area contributed by atoms with Gasteiger partial charge in [0, 0.05) is 19.2 Å². The van der Waals surface area contributed by atoms with E-state index in [0.717, 1.165) is 25.2 Å². The molecule has 1 aromatic carbocycles. The molecule has 2 N–H and O–H groups in total. The first-order valence-electron chi connectivity index (χ1n) is 6.51. The summed E-state index contributed by atoms with van der Waals surface area (Å²) in [5.41, 5.74) is 7.85. The molecule has 0 radical (unpaired) electrons. The van der Waals surface area contributed by atoms with Crippen LogP contribution >= 0.6 is 15.9 Å². The fourth-order valence-electron chi connectivity index (χ4n) is 2.79. The number of rotatable bonds is 3. The van der Waals surface area contributed by atoms with E-state index < -0.39 is 0 Å². The van der Waals surface area contributed by atoms with Crippen molar-refractivity contribution >= 4 is 27.3 Å². The first-order valence-corrected chi connectivity index (χ1v) is 7.30. The summed E-state index contributed by atoms with van der Waals surface area (Å²) in [6, 6.07) is 3.20. The molecule has 2 nitrogen and oxygen atoms in total. The van der Waals surface area contributed by atoms with Gasteiger partial charge < -0.3 is 10.6 Å². The highest BCUT2D eigenvalue weighted by Gasteiger charge is 2.35. The number of nitrogens with zero attached hydrogens (tertiary/aromatic N) is 1. The van der Waals surface area contributed by atoms with E-state index in [1.807, 2.05) is 0 Å². The van der Waals surface area contributed by atoms with Gasteiger partial charge in [0.05, 0.1) is 15.8 Å². The van der Waals surface area contributed by atoms with Crippen LogP contribution in [0.5, 0.6) is 0 Å². The summed E-state index contributed by atoms with van der Waals surface area (Å²) in [6.45, 7) is 6.41. The molecule has 0 aromatic heterocycles. The molecule has 1 fully saturated rings. The highest BCUT2D eigenvalue weighted by Crippen LogP contribution is 2.41. The van der Waals surface area contributed by atoms with Crippen LogP contribution in [0.2, 0.25) is 0 Å². The van der Waals surface area contributed by atoms with Crippen LogP contribution in [-0.4, -0.2) is 13.1 Å². The van der Waals surface area contributed by atoms with Crippen molar-refractivity contribution in [1.29, 1.82) is 0 Å². The summed E-state index contributed by atoms with van der Waals surface area (Å²) < 4.78 is 14.1. The molecule has 0 spiro atoms. The standard InChI is InChI=1S/C14H20BrFN2/c1-3-14(4-2)5-6-18(9-14)13-8-11(16)10(15)7-12(13)17/h7-8H,3-6,9,17H2,1-2H3. The Bertz CT molecular complexity index is 444. The lowest BCUT2D eigenvalue weighted by Gasteiger charge is -2.27. The SMILES string of the molecule is CCC1(CC)CCN(c2cc(F)c(Br)cc2N)C1. The minimum atomic E-state index is -0.246. The summed E-state index contributed by atoms with van der Waals surface area (Å²) >= 11 is 3.17. The van der Waals surface area contributed by atoms with Gasteiger partial charge in [-0.1, -0.05) is 13.8 Å². The second-order valence-corrected chi connectivity index (χ2v) is 6.06. The van der Waals surface area contributed by atoms with Crippen LogP contribution in [0.15, 0.2) is 16.6 Å². The molecule has 0 atom stereocenters. The zero-order valence-corrected chi connectivity index (χ0v) is 12.6. The molecular weight excluding hydrogens is 295 g/mol. The minimum Gasteiger partial charge on any atom is -0.397 e. The predicted octanol–water partition coefficient (Wildman–Crippen LogP) is 4.19. The molecule has 0 unspecified atom stereocenters. The Kier molecular flexibility index (Phi) is 3.85. The van der Waals surface area contributed by atoms with E-state index in [1.165, 1.54) is 12.8 Å². The zero-order valence-electron chi connectivity index (χ0n) is 11.0. The second-order valence-electron chi connectivity index (χ2n) is 5.20. The molecule has 1 aliphatic rings. The van der Waals surface area contributed by atoms with Crippen molar-refractivity contribution < 1.29 is 4.39 Å². The average Bonchev–Trinajstić information content (AvgIpc) is 2.79. The molecule has 1 aliphatic heterocycles. The molecule has 1 heterocycles. The third-order valence-electron chi connectivity index (χ3n) is 4.35. The summed E-state index contributed by atoms with van der Waals surface area (Å²) in [4.78, 5) is 2.22. The van der Waals surface area contributed by atoms with Gasteiger partial charge in [0.2, 0.25) is 0 Å². The van der Waals surface area contributed by atoms with E-state index in [0.29, 0.717) is 15.6 Å². The van der Waals surface area contributed by atoms with Gasteiger partial charge >= 0.3 is 0 Å². The van der Waals surface area contributed by atoms with Crippen molar-refractivity contribution in [2.45, 2.75) is 33.1 Å². The fraction of sp³-hybridized carbons (Fsp3) is 0.571. The molecule has 100 valence electrons. The highest BCUT2D eigenvalue weighted by atomic mass is 79.9. The largest absolute Gasteiger partial charge is 0.397 e. The molecule has 2 rings (SSSR count). The summed E-state index contributed by atoms with van der Waals surface area (Å²) in [7, 11) is 0. The van der Waals surface area contributed by atoms with Crippen molar-refractivity contribution in [3.63, 3.8) is 0 Å². The number of hydrogen-bond donors (Lipinski definition) is 1. The highest BCUT2D eigenvalue weighted by molar-refractivity contribution is 9.10. The maximum atomic E-state index is 13.6.